The third-order valence-electron chi connectivity index (χ3n) is 4.22. The summed E-state index contributed by atoms with van der Waals surface area (Å²) in [5.41, 5.74) is 15.0. The van der Waals surface area contributed by atoms with Crippen molar-refractivity contribution in [1.82, 2.24) is 9.97 Å². The molecule has 0 aliphatic carbocycles. The summed E-state index contributed by atoms with van der Waals surface area (Å²) in [6.07, 6.45) is 0. The van der Waals surface area contributed by atoms with Crippen LogP contribution in [0.2, 0.25) is 5.02 Å². The van der Waals surface area contributed by atoms with Gasteiger partial charge in [-0.25, -0.2) is 9.97 Å². The molecule has 0 aliphatic rings. The van der Waals surface area contributed by atoms with Gasteiger partial charge >= 0.3 is 0 Å². The van der Waals surface area contributed by atoms with E-state index in [4.69, 9.17) is 27.8 Å². The van der Waals surface area contributed by atoms with Gasteiger partial charge in [0.25, 0.3) is 0 Å². The Bertz CT molecular complexity index is 1180. The predicted molar refractivity (Wildman–Crippen MR) is 117 cm³/mol. The molecule has 1 aromatic heterocycles. The summed E-state index contributed by atoms with van der Waals surface area (Å²) in [6, 6.07) is 18.7. The third kappa shape index (κ3) is 3.88. The van der Waals surface area contributed by atoms with Crippen LogP contribution in [0.15, 0.2) is 65.1 Å². The molecular weight excluding hydrogens is 440 g/mol. The van der Waals surface area contributed by atoms with E-state index in [1.165, 1.54) is 0 Å². The van der Waals surface area contributed by atoms with Crippen LogP contribution in [0.4, 0.5) is 11.5 Å². The van der Waals surface area contributed by atoms with Crippen LogP contribution in [0.1, 0.15) is 5.56 Å². The maximum atomic E-state index is 6.42. The van der Waals surface area contributed by atoms with Gasteiger partial charge in [-0.3, -0.25) is 0 Å². The number of fused-ring (bicyclic) bond motifs is 1. The summed E-state index contributed by atoms with van der Waals surface area (Å²) in [5.74, 6) is 1.46. The highest BCUT2D eigenvalue weighted by Crippen LogP contribution is 2.31. The van der Waals surface area contributed by atoms with E-state index in [0.29, 0.717) is 34.7 Å². The number of hydrogen-bond acceptors (Lipinski definition) is 5. The molecule has 0 aliphatic heterocycles. The Kier molecular flexibility index (Phi) is 5.07. The van der Waals surface area contributed by atoms with Gasteiger partial charge in [0.1, 0.15) is 18.2 Å². The van der Waals surface area contributed by atoms with Crippen LogP contribution in [-0.4, -0.2) is 9.97 Å². The summed E-state index contributed by atoms with van der Waals surface area (Å²) in [4.78, 5) is 8.96. The number of nitrogens with two attached hydrogens (primary N) is 2. The molecule has 4 aromatic rings. The topological polar surface area (TPSA) is 87.0 Å². The van der Waals surface area contributed by atoms with Crippen LogP contribution in [0.25, 0.3) is 22.3 Å². The van der Waals surface area contributed by atoms with E-state index in [2.05, 4.69) is 25.9 Å². The van der Waals surface area contributed by atoms with Crippen molar-refractivity contribution in [2.24, 2.45) is 0 Å². The fourth-order valence-corrected chi connectivity index (χ4v) is 3.53. The molecule has 28 heavy (non-hydrogen) atoms. The van der Waals surface area contributed by atoms with Crippen molar-refractivity contribution in [3.63, 3.8) is 0 Å². The monoisotopic (exact) mass is 454 g/mol. The first-order chi connectivity index (χ1) is 13.5. The fourth-order valence-electron chi connectivity index (χ4n) is 2.84. The van der Waals surface area contributed by atoms with Crippen molar-refractivity contribution in [1.29, 1.82) is 0 Å². The minimum absolute atomic E-state index is 0.374. The first-order valence-electron chi connectivity index (χ1n) is 8.49. The molecule has 0 unspecified atom stereocenters. The molecule has 0 radical (unpaired) electrons. The lowest BCUT2D eigenvalue weighted by molar-refractivity contribution is 0.306. The zero-order valence-corrected chi connectivity index (χ0v) is 17.0. The first kappa shape index (κ1) is 18.5. The molecule has 140 valence electrons. The fraction of sp³-hybridized carbons (Fsp3) is 0.0476. The van der Waals surface area contributed by atoms with Crippen molar-refractivity contribution in [3.05, 3.63) is 75.7 Å². The third-order valence-corrected chi connectivity index (χ3v) is 5.01. The van der Waals surface area contributed by atoms with Gasteiger partial charge in [0.15, 0.2) is 5.82 Å². The van der Waals surface area contributed by atoms with Gasteiger partial charge in [-0.15, -0.1) is 0 Å². The lowest BCUT2D eigenvalue weighted by Gasteiger charge is -2.11. The molecule has 4 rings (SSSR count). The number of aromatic nitrogens is 2. The highest BCUT2D eigenvalue weighted by Gasteiger charge is 2.11. The lowest BCUT2D eigenvalue weighted by atomic mass is 10.1. The van der Waals surface area contributed by atoms with Crippen molar-refractivity contribution >= 4 is 49.9 Å². The number of benzene rings is 3. The maximum absolute atomic E-state index is 6.42. The second-order valence-corrected chi connectivity index (χ2v) is 7.60. The number of halogens is 2. The minimum atomic E-state index is 0.374. The minimum Gasteiger partial charge on any atom is -0.487 e. The van der Waals surface area contributed by atoms with Crippen LogP contribution in [0, 0.1) is 0 Å². The average molecular weight is 456 g/mol. The van der Waals surface area contributed by atoms with E-state index in [-0.39, 0.29) is 0 Å². The Balaban J connectivity index is 1.60. The zero-order chi connectivity index (χ0) is 19.7. The quantitative estimate of drug-likeness (QED) is 0.399. The van der Waals surface area contributed by atoms with Crippen LogP contribution < -0.4 is 16.2 Å². The molecule has 5 nitrogen and oxygen atoms in total. The van der Waals surface area contributed by atoms with Crippen molar-refractivity contribution in [2.45, 2.75) is 6.61 Å². The normalized spacial score (nSPS) is 10.9. The number of anilines is 2. The summed E-state index contributed by atoms with van der Waals surface area (Å²) in [6.45, 7) is 0.416. The van der Waals surface area contributed by atoms with E-state index in [9.17, 15) is 0 Å². The Labute approximate surface area is 175 Å². The van der Waals surface area contributed by atoms with Gasteiger partial charge in [-0.2, -0.15) is 0 Å². The van der Waals surface area contributed by atoms with E-state index in [1.54, 1.807) is 18.2 Å². The maximum Gasteiger partial charge on any atom is 0.162 e. The van der Waals surface area contributed by atoms with Gasteiger partial charge in [0.05, 0.1) is 10.5 Å². The molecule has 0 atom stereocenters. The van der Waals surface area contributed by atoms with Crippen molar-refractivity contribution in [2.75, 3.05) is 11.5 Å². The second kappa shape index (κ2) is 7.66. The molecule has 7 heteroatoms. The van der Waals surface area contributed by atoms with Crippen LogP contribution >= 0.6 is 27.5 Å². The number of ether oxygens (including phenoxy) is 1. The zero-order valence-electron chi connectivity index (χ0n) is 14.7. The van der Waals surface area contributed by atoms with E-state index in [0.717, 1.165) is 26.5 Å². The molecule has 0 bridgehead atoms. The molecule has 4 N–H and O–H groups in total. The largest absolute Gasteiger partial charge is 0.487 e. The Morgan fingerprint density at radius 1 is 0.964 bits per heavy atom. The smallest absolute Gasteiger partial charge is 0.162 e. The molecule has 3 aromatic carbocycles. The second-order valence-electron chi connectivity index (χ2n) is 6.27. The molecule has 0 spiro atoms. The SMILES string of the molecule is Nc1ccc2nc(-c3ccc(OCc4cccc(Br)c4)c(Cl)c3)nc(N)c2c1. The molecule has 0 saturated carbocycles. The van der Waals surface area contributed by atoms with Gasteiger partial charge < -0.3 is 16.2 Å². The molecule has 0 saturated heterocycles. The van der Waals surface area contributed by atoms with Gasteiger partial charge in [-0.05, 0) is 54.1 Å². The first-order valence-corrected chi connectivity index (χ1v) is 9.66. The Morgan fingerprint density at radius 2 is 1.82 bits per heavy atom. The van der Waals surface area contributed by atoms with Gasteiger partial charge in [0.2, 0.25) is 0 Å². The summed E-state index contributed by atoms with van der Waals surface area (Å²) < 4.78 is 6.85. The van der Waals surface area contributed by atoms with Gasteiger partial charge in [0, 0.05) is 21.1 Å². The lowest BCUT2D eigenvalue weighted by Crippen LogP contribution is -1.99. The summed E-state index contributed by atoms with van der Waals surface area (Å²) in [7, 11) is 0. The van der Waals surface area contributed by atoms with Crippen molar-refractivity contribution < 1.29 is 4.74 Å². The molecule has 1 heterocycles. The molecule has 0 fully saturated rings. The predicted octanol–water partition coefficient (Wildman–Crippen LogP) is 5.46. The molecule has 0 amide bonds. The van der Waals surface area contributed by atoms with Crippen LogP contribution in [0.5, 0.6) is 5.75 Å². The number of nitrogens with zero attached hydrogens (tertiary/aromatic N) is 2. The van der Waals surface area contributed by atoms with E-state index < -0.39 is 0 Å². The van der Waals surface area contributed by atoms with E-state index in [1.807, 2.05) is 42.5 Å². The van der Waals surface area contributed by atoms with Crippen molar-refractivity contribution in [3.8, 4) is 17.1 Å². The highest BCUT2D eigenvalue weighted by molar-refractivity contribution is 9.10. The number of nitrogen functional groups attached to an aromatic ring is 2. The van der Waals surface area contributed by atoms with Crippen LogP contribution in [-0.2, 0) is 6.61 Å². The number of rotatable bonds is 4. The molecular formula is C21H16BrClN4O. The van der Waals surface area contributed by atoms with Gasteiger partial charge in [-0.1, -0.05) is 39.7 Å². The summed E-state index contributed by atoms with van der Waals surface area (Å²) >= 11 is 9.87. The van der Waals surface area contributed by atoms with E-state index >= 15 is 0 Å². The Morgan fingerprint density at radius 3 is 2.61 bits per heavy atom. The number of hydrogen-bond donors (Lipinski definition) is 2. The Hall–Kier alpha value is -2.83. The highest BCUT2D eigenvalue weighted by atomic mass is 79.9. The summed E-state index contributed by atoms with van der Waals surface area (Å²) in [5, 5.41) is 1.20. The standard InChI is InChI=1S/C21H16BrClN4O/c22-14-3-1-2-12(8-14)11-28-19-7-4-13(9-17(19)23)21-26-18-6-5-15(24)10-16(18)20(25)27-21/h1-10H,11,24H2,(H2,25,26,27). The average Bonchev–Trinajstić information content (AvgIpc) is 2.67. The van der Waals surface area contributed by atoms with Crippen LogP contribution in [0.3, 0.4) is 0 Å².